The molecular weight excluding hydrogens is 252 g/mol. The highest BCUT2D eigenvalue weighted by molar-refractivity contribution is 7.12. The summed E-state index contributed by atoms with van der Waals surface area (Å²) in [6, 6.07) is 13.3. The van der Waals surface area contributed by atoms with Crippen molar-refractivity contribution in [3.8, 4) is 0 Å². The van der Waals surface area contributed by atoms with Gasteiger partial charge in [0.25, 0.3) is 0 Å². The summed E-state index contributed by atoms with van der Waals surface area (Å²) in [5.41, 5.74) is 8.56. The molecule has 2 aromatic rings. The average Bonchev–Trinajstić information content (AvgIpc) is 2.83. The predicted octanol–water partition coefficient (Wildman–Crippen LogP) is 3.89. The van der Waals surface area contributed by atoms with Crippen LogP contribution in [0.25, 0.3) is 0 Å². The molecule has 0 aliphatic carbocycles. The van der Waals surface area contributed by atoms with Gasteiger partial charge < -0.3 is 10.6 Å². The summed E-state index contributed by atoms with van der Waals surface area (Å²) in [6.07, 6.45) is 0. The number of benzene rings is 1. The molecule has 1 aromatic heterocycles. The third-order valence-corrected chi connectivity index (χ3v) is 4.50. The highest BCUT2D eigenvalue weighted by Gasteiger charge is 2.19. The molecule has 0 aliphatic rings. The van der Waals surface area contributed by atoms with Crippen molar-refractivity contribution >= 4 is 17.0 Å². The van der Waals surface area contributed by atoms with Crippen LogP contribution in [-0.2, 0) is 0 Å². The van der Waals surface area contributed by atoms with E-state index in [0.29, 0.717) is 6.54 Å². The molecule has 3 heteroatoms. The van der Waals surface area contributed by atoms with E-state index in [1.165, 1.54) is 21.0 Å². The second-order valence-corrected chi connectivity index (χ2v) is 6.14. The summed E-state index contributed by atoms with van der Waals surface area (Å²) in [4.78, 5) is 5.07. The molecular formula is C16H22N2S. The highest BCUT2D eigenvalue weighted by Crippen LogP contribution is 2.30. The molecule has 0 amide bonds. The lowest BCUT2D eigenvalue weighted by Crippen LogP contribution is -2.33. The normalized spacial score (nSPS) is 12.4. The molecule has 2 N–H and O–H groups in total. The van der Waals surface area contributed by atoms with E-state index in [-0.39, 0.29) is 6.04 Å². The van der Waals surface area contributed by atoms with Gasteiger partial charge in [0.05, 0.1) is 6.04 Å². The van der Waals surface area contributed by atoms with Gasteiger partial charge in [0.2, 0.25) is 0 Å². The first-order valence-electron chi connectivity index (χ1n) is 6.75. The van der Waals surface area contributed by atoms with Crippen LogP contribution in [0.3, 0.4) is 0 Å². The van der Waals surface area contributed by atoms with E-state index < -0.39 is 0 Å². The number of hydrogen-bond donors (Lipinski definition) is 1. The fraction of sp³-hybridized carbons (Fsp3) is 0.375. The largest absolute Gasteiger partial charge is 0.363 e. The number of nitrogens with two attached hydrogens (primary N) is 1. The van der Waals surface area contributed by atoms with Crippen molar-refractivity contribution in [1.82, 2.24) is 0 Å². The molecule has 0 radical (unpaired) electrons. The Morgan fingerprint density at radius 3 is 2.26 bits per heavy atom. The van der Waals surface area contributed by atoms with Crippen LogP contribution in [0.5, 0.6) is 0 Å². The zero-order valence-electron chi connectivity index (χ0n) is 11.9. The minimum Gasteiger partial charge on any atom is -0.363 e. The van der Waals surface area contributed by atoms with Crippen molar-refractivity contribution in [3.63, 3.8) is 0 Å². The first-order valence-corrected chi connectivity index (χ1v) is 7.57. The molecule has 102 valence electrons. The molecule has 0 saturated carbocycles. The maximum absolute atomic E-state index is 6.02. The third-order valence-electron chi connectivity index (χ3n) is 3.40. The van der Waals surface area contributed by atoms with Gasteiger partial charge in [-0.05, 0) is 45.0 Å². The lowest BCUT2D eigenvalue weighted by molar-refractivity contribution is 0.653. The SMILES string of the molecule is CCN(c1ccc(C)cc1)C(CN)c1ccc(C)s1. The number of nitrogens with zero attached hydrogens (tertiary/aromatic N) is 1. The van der Waals surface area contributed by atoms with E-state index in [0.717, 1.165) is 6.54 Å². The Bertz CT molecular complexity index is 516. The van der Waals surface area contributed by atoms with Crippen molar-refractivity contribution in [3.05, 3.63) is 51.7 Å². The predicted molar refractivity (Wildman–Crippen MR) is 85.1 cm³/mol. The topological polar surface area (TPSA) is 29.3 Å². The summed E-state index contributed by atoms with van der Waals surface area (Å²) >= 11 is 1.84. The van der Waals surface area contributed by atoms with Crippen LogP contribution < -0.4 is 10.6 Å². The number of likely N-dealkylation sites (N-methyl/N-ethyl adjacent to an activating group) is 1. The Morgan fingerprint density at radius 2 is 1.79 bits per heavy atom. The maximum atomic E-state index is 6.02. The van der Waals surface area contributed by atoms with E-state index >= 15 is 0 Å². The summed E-state index contributed by atoms with van der Waals surface area (Å²) in [5.74, 6) is 0. The summed E-state index contributed by atoms with van der Waals surface area (Å²) < 4.78 is 0. The van der Waals surface area contributed by atoms with Crippen LogP contribution in [0.4, 0.5) is 5.69 Å². The minimum atomic E-state index is 0.270. The van der Waals surface area contributed by atoms with Crippen LogP contribution in [-0.4, -0.2) is 13.1 Å². The van der Waals surface area contributed by atoms with Gasteiger partial charge in [-0.1, -0.05) is 17.7 Å². The molecule has 2 nitrogen and oxygen atoms in total. The van der Waals surface area contributed by atoms with E-state index in [1.807, 2.05) is 11.3 Å². The smallest absolute Gasteiger partial charge is 0.0757 e. The first kappa shape index (κ1) is 14.1. The number of anilines is 1. The average molecular weight is 274 g/mol. The lowest BCUT2D eigenvalue weighted by Gasteiger charge is -2.31. The quantitative estimate of drug-likeness (QED) is 0.896. The van der Waals surface area contributed by atoms with Gasteiger partial charge in [-0.2, -0.15) is 0 Å². The van der Waals surface area contributed by atoms with Crippen molar-refractivity contribution in [2.45, 2.75) is 26.8 Å². The van der Waals surface area contributed by atoms with Gasteiger partial charge in [0, 0.05) is 28.5 Å². The van der Waals surface area contributed by atoms with Crippen molar-refractivity contribution < 1.29 is 0 Å². The van der Waals surface area contributed by atoms with Gasteiger partial charge >= 0.3 is 0 Å². The third kappa shape index (κ3) is 3.17. The standard InChI is InChI=1S/C16H22N2S/c1-4-18(14-8-5-12(2)6-9-14)15(11-17)16-10-7-13(3)19-16/h5-10,15H,4,11,17H2,1-3H3. The van der Waals surface area contributed by atoms with E-state index in [2.05, 4.69) is 62.1 Å². The molecule has 2 rings (SSSR count). The fourth-order valence-corrected chi connectivity index (χ4v) is 3.35. The molecule has 0 spiro atoms. The summed E-state index contributed by atoms with van der Waals surface area (Å²) in [5, 5.41) is 0. The van der Waals surface area contributed by atoms with Gasteiger partial charge in [-0.25, -0.2) is 0 Å². The molecule has 0 saturated heterocycles. The van der Waals surface area contributed by atoms with Crippen molar-refractivity contribution in [2.75, 3.05) is 18.0 Å². The van der Waals surface area contributed by atoms with E-state index in [9.17, 15) is 0 Å². The van der Waals surface area contributed by atoms with Crippen molar-refractivity contribution in [2.24, 2.45) is 5.73 Å². The zero-order chi connectivity index (χ0) is 13.8. The summed E-state index contributed by atoms with van der Waals surface area (Å²) in [6.45, 7) is 8.04. The Labute approximate surface area is 119 Å². The van der Waals surface area contributed by atoms with Crippen LogP contribution in [0.2, 0.25) is 0 Å². The lowest BCUT2D eigenvalue weighted by atomic mass is 10.1. The van der Waals surface area contributed by atoms with Gasteiger partial charge in [0.1, 0.15) is 0 Å². The number of thiophene rings is 1. The zero-order valence-corrected chi connectivity index (χ0v) is 12.7. The van der Waals surface area contributed by atoms with Crippen LogP contribution in [0, 0.1) is 13.8 Å². The molecule has 0 bridgehead atoms. The molecule has 1 heterocycles. The fourth-order valence-electron chi connectivity index (χ4n) is 2.35. The molecule has 1 aromatic carbocycles. The van der Waals surface area contributed by atoms with Crippen LogP contribution in [0.1, 0.15) is 28.3 Å². The molecule has 0 aliphatic heterocycles. The number of hydrogen-bond acceptors (Lipinski definition) is 3. The Morgan fingerprint density at radius 1 is 1.11 bits per heavy atom. The minimum absolute atomic E-state index is 0.270. The maximum Gasteiger partial charge on any atom is 0.0757 e. The summed E-state index contributed by atoms with van der Waals surface area (Å²) in [7, 11) is 0. The van der Waals surface area contributed by atoms with Crippen LogP contribution >= 0.6 is 11.3 Å². The van der Waals surface area contributed by atoms with Gasteiger partial charge in [0.15, 0.2) is 0 Å². The Kier molecular flexibility index (Phi) is 4.61. The molecule has 1 atom stereocenters. The van der Waals surface area contributed by atoms with E-state index in [1.54, 1.807) is 0 Å². The monoisotopic (exact) mass is 274 g/mol. The Balaban J connectivity index is 2.31. The highest BCUT2D eigenvalue weighted by atomic mass is 32.1. The second kappa shape index (κ2) is 6.22. The molecule has 0 fully saturated rings. The van der Waals surface area contributed by atoms with Crippen LogP contribution in [0.15, 0.2) is 36.4 Å². The number of rotatable bonds is 5. The van der Waals surface area contributed by atoms with Crippen molar-refractivity contribution in [1.29, 1.82) is 0 Å². The second-order valence-electron chi connectivity index (χ2n) is 4.82. The van der Waals surface area contributed by atoms with Gasteiger partial charge in [-0.3, -0.25) is 0 Å². The molecule has 19 heavy (non-hydrogen) atoms. The van der Waals surface area contributed by atoms with E-state index in [4.69, 9.17) is 5.73 Å². The Hall–Kier alpha value is -1.32. The first-order chi connectivity index (χ1) is 9.15. The van der Waals surface area contributed by atoms with Gasteiger partial charge in [-0.15, -0.1) is 11.3 Å². The number of aryl methyl sites for hydroxylation is 2. The molecule has 1 unspecified atom stereocenters.